The van der Waals surface area contributed by atoms with Crippen LogP contribution in [0.1, 0.15) is 57.6 Å². The van der Waals surface area contributed by atoms with Gasteiger partial charge in [-0.3, -0.25) is 0 Å². The van der Waals surface area contributed by atoms with Gasteiger partial charge in [-0.1, -0.05) is 39.0 Å². The van der Waals surface area contributed by atoms with Crippen molar-refractivity contribution in [2.75, 3.05) is 0 Å². The Bertz CT molecular complexity index is 483. The largest absolute Gasteiger partial charge is 0.479 e. The minimum absolute atomic E-state index is 0.249. The third-order valence-corrected chi connectivity index (χ3v) is 4.62. The van der Waals surface area contributed by atoms with Crippen molar-refractivity contribution in [1.82, 2.24) is 9.55 Å². The van der Waals surface area contributed by atoms with Crippen molar-refractivity contribution in [3.05, 3.63) is 18.2 Å². The monoisotopic (exact) mass is 323 g/mol. The van der Waals surface area contributed by atoms with Gasteiger partial charge in [-0.15, -0.1) is 0 Å². The summed E-state index contributed by atoms with van der Waals surface area (Å²) in [7, 11) is 0. The Labute approximate surface area is 138 Å². The van der Waals surface area contributed by atoms with Crippen molar-refractivity contribution in [1.29, 1.82) is 0 Å². The predicted octanol–water partition coefficient (Wildman–Crippen LogP) is 2.56. The summed E-state index contributed by atoms with van der Waals surface area (Å²) < 4.78 is 7.42. The molecular formula is C17H29N3O3. The summed E-state index contributed by atoms with van der Waals surface area (Å²) in [5, 5.41) is 9.24. The minimum atomic E-state index is -0.995. The quantitative estimate of drug-likeness (QED) is 0.682. The Morgan fingerprint density at radius 3 is 2.87 bits per heavy atom. The highest BCUT2D eigenvalue weighted by Crippen LogP contribution is 2.26. The second-order valence-electron chi connectivity index (χ2n) is 6.51. The molecule has 23 heavy (non-hydrogen) atoms. The zero-order valence-electron chi connectivity index (χ0n) is 14.0. The molecule has 0 radical (unpaired) electrons. The lowest BCUT2D eigenvalue weighted by atomic mass is 9.87. The van der Waals surface area contributed by atoms with Gasteiger partial charge in [-0.25, -0.2) is 9.78 Å². The number of carboxylic acid groups (broad SMARTS) is 1. The van der Waals surface area contributed by atoms with Gasteiger partial charge in [0.25, 0.3) is 0 Å². The highest BCUT2D eigenvalue weighted by Gasteiger charge is 2.22. The molecule has 2 rings (SSSR count). The maximum Gasteiger partial charge on any atom is 0.333 e. The molecule has 1 fully saturated rings. The molecule has 1 saturated carbocycles. The van der Waals surface area contributed by atoms with Crippen molar-refractivity contribution < 1.29 is 14.6 Å². The smallest absolute Gasteiger partial charge is 0.333 e. The van der Waals surface area contributed by atoms with Gasteiger partial charge in [0.05, 0.1) is 12.0 Å². The minimum Gasteiger partial charge on any atom is -0.479 e. The van der Waals surface area contributed by atoms with Crippen molar-refractivity contribution in [3.63, 3.8) is 0 Å². The van der Waals surface area contributed by atoms with E-state index in [0.717, 1.165) is 18.2 Å². The summed E-state index contributed by atoms with van der Waals surface area (Å²) in [5.41, 5.74) is 6.43. The molecule has 1 aromatic heterocycles. The van der Waals surface area contributed by atoms with Crippen LogP contribution >= 0.6 is 0 Å². The van der Waals surface area contributed by atoms with Crippen LogP contribution in [0, 0.1) is 5.92 Å². The molecule has 0 amide bonds. The molecule has 1 aliphatic rings. The first kappa shape index (κ1) is 17.9. The molecule has 0 saturated heterocycles. The first-order chi connectivity index (χ1) is 11.1. The number of aromatic nitrogens is 2. The van der Waals surface area contributed by atoms with E-state index in [2.05, 4.69) is 9.55 Å². The zero-order chi connectivity index (χ0) is 16.7. The van der Waals surface area contributed by atoms with E-state index in [4.69, 9.17) is 10.5 Å². The Hall–Kier alpha value is -1.40. The third kappa shape index (κ3) is 5.95. The molecule has 6 heteroatoms. The number of rotatable bonds is 9. The number of hydrogen-bond acceptors (Lipinski definition) is 4. The first-order valence-electron chi connectivity index (χ1n) is 8.73. The predicted molar refractivity (Wildman–Crippen MR) is 87.9 cm³/mol. The van der Waals surface area contributed by atoms with Gasteiger partial charge in [0.1, 0.15) is 6.23 Å². The third-order valence-electron chi connectivity index (χ3n) is 4.62. The highest BCUT2D eigenvalue weighted by atomic mass is 16.5. The second-order valence-corrected chi connectivity index (χ2v) is 6.51. The van der Waals surface area contributed by atoms with Crippen LogP contribution in [0.25, 0.3) is 0 Å². The first-order valence-corrected chi connectivity index (χ1v) is 8.73. The molecule has 1 unspecified atom stereocenters. The fourth-order valence-corrected chi connectivity index (χ4v) is 3.13. The van der Waals surface area contributed by atoms with E-state index >= 15 is 0 Å². The normalized spacial score (nSPS) is 18.7. The lowest BCUT2D eigenvalue weighted by molar-refractivity contribution is -0.154. The van der Waals surface area contributed by atoms with Crippen LogP contribution in [0.3, 0.4) is 0 Å². The van der Waals surface area contributed by atoms with Crippen molar-refractivity contribution in [2.45, 2.75) is 77.2 Å². The zero-order valence-corrected chi connectivity index (χ0v) is 14.0. The molecule has 0 aliphatic heterocycles. The van der Waals surface area contributed by atoms with Gasteiger partial charge in [0, 0.05) is 19.2 Å². The number of nitrogens with zero attached hydrogens (tertiary/aromatic N) is 2. The molecule has 3 N–H and O–H groups in total. The maximum absolute atomic E-state index is 11.3. The van der Waals surface area contributed by atoms with Crippen LogP contribution in [-0.2, 0) is 22.5 Å². The van der Waals surface area contributed by atoms with E-state index in [-0.39, 0.29) is 6.42 Å². The van der Waals surface area contributed by atoms with Gasteiger partial charge in [0.15, 0.2) is 6.10 Å². The van der Waals surface area contributed by atoms with Gasteiger partial charge < -0.3 is 20.1 Å². The molecule has 0 spiro atoms. The van der Waals surface area contributed by atoms with Crippen molar-refractivity contribution in [2.24, 2.45) is 11.7 Å². The number of nitrogens with two attached hydrogens (primary N) is 1. The fraction of sp³-hybridized carbons (Fsp3) is 0.765. The number of imidazole rings is 1. The van der Waals surface area contributed by atoms with Crippen LogP contribution in [0.5, 0.6) is 0 Å². The molecule has 0 bridgehead atoms. The van der Waals surface area contributed by atoms with Gasteiger partial charge >= 0.3 is 5.97 Å². The highest BCUT2D eigenvalue weighted by molar-refractivity contribution is 5.72. The fourth-order valence-electron chi connectivity index (χ4n) is 3.13. The summed E-state index contributed by atoms with van der Waals surface area (Å²) in [5.74, 6) is -0.169. The van der Waals surface area contributed by atoms with Crippen LogP contribution in [0.4, 0.5) is 0 Å². The Morgan fingerprint density at radius 2 is 2.22 bits per heavy atom. The number of carboxylic acids is 1. The van der Waals surface area contributed by atoms with Crippen molar-refractivity contribution in [3.8, 4) is 0 Å². The molecule has 1 aliphatic carbocycles. The molecule has 1 aromatic rings. The summed E-state index contributed by atoms with van der Waals surface area (Å²) in [4.78, 5) is 15.6. The van der Waals surface area contributed by atoms with Gasteiger partial charge in [-0.2, -0.15) is 0 Å². The molecule has 0 aromatic carbocycles. The van der Waals surface area contributed by atoms with E-state index in [1.54, 1.807) is 6.33 Å². The average molecular weight is 323 g/mol. The molecule has 1 heterocycles. The summed E-state index contributed by atoms with van der Waals surface area (Å²) in [6, 6.07) is 0. The number of carbonyl (C=O) groups is 1. The van der Waals surface area contributed by atoms with E-state index in [9.17, 15) is 9.90 Å². The topological polar surface area (TPSA) is 90.4 Å². The van der Waals surface area contributed by atoms with E-state index in [1.807, 2.05) is 13.1 Å². The average Bonchev–Trinajstić information content (AvgIpc) is 3.00. The van der Waals surface area contributed by atoms with E-state index in [0.29, 0.717) is 6.42 Å². The van der Waals surface area contributed by atoms with Crippen LogP contribution in [0.15, 0.2) is 12.5 Å². The van der Waals surface area contributed by atoms with Gasteiger partial charge in [-0.05, 0) is 18.8 Å². The number of ether oxygens (including phenoxy) is 1. The molecule has 2 atom stereocenters. The molecule has 6 nitrogen and oxygen atoms in total. The lowest BCUT2D eigenvalue weighted by Crippen LogP contribution is -2.35. The maximum atomic E-state index is 11.3. The van der Waals surface area contributed by atoms with E-state index < -0.39 is 18.3 Å². The number of aliphatic carboxylic acids is 1. The number of hydrogen-bond donors (Lipinski definition) is 2. The van der Waals surface area contributed by atoms with Crippen LogP contribution in [-0.4, -0.2) is 33.0 Å². The molecular weight excluding hydrogens is 294 g/mol. The van der Waals surface area contributed by atoms with Crippen LogP contribution in [0.2, 0.25) is 0 Å². The Morgan fingerprint density at radius 1 is 1.48 bits per heavy atom. The summed E-state index contributed by atoms with van der Waals surface area (Å²) in [6.07, 6.45) is 11.0. The summed E-state index contributed by atoms with van der Waals surface area (Å²) >= 11 is 0. The second kappa shape index (κ2) is 9.03. The Balaban J connectivity index is 1.83. The van der Waals surface area contributed by atoms with E-state index in [1.165, 1.54) is 38.5 Å². The summed E-state index contributed by atoms with van der Waals surface area (Å²) in [6.45, 7) is 2.81. The number of aryl methyl sites for hydroxylation is 1. The Kier molecular flexibility index (Phi) is 7.05. The SMILES string of the molecule is CCC(N)O[C@H](Cc1cn(CCC2CCCCC2)cn1)C(=O)O. The van der Waals surface area contributed by atoms with Gasteiger partial charge in [0.2, 0.25) is 0 Å². The lowest BCUT2D eigenvalue weighted by Gasteiger charge is -2.21. The molecule has 130 valence electrons. The van der Waals surface area contributed by atoms with Crippen molar-refractivity contribution >= 4 is 5.97 Å². The van der Waals surface area contributed by atoms with Crippen LogP contribution < -0.4 is 5.73 Å². The standard InChI is InChI=1S/C17H29N3O3/c1-2-16(18)23-15(17(21)22)10-14-11-20(12-19-14)9-8-13-6-4-3-5-7-13/h11-13,15-16H,2-10,18H2,1H3,(H,21,22)/t15-,16?/m1/s1.